The Bertz CT molecular complexity index is 1560. The summed E-state index contributed by atoms with van der Waals surface area (Å²) in [6, 6.07) is 18.8. The molecule has 1 unspecified atom stereocenters. The third-order valence-corrected chi connectivity index (χ3v) is 9.37. The number of aromatic nitrogens is 5. The van der Waals surface area contributed by atoms with Gasteiger partial charge in [-0.1, -0.05) is 30.3 Å². The third-order valence-electron chi connectivity index (χ3n) is 9.37. The number of nitrogens with two attached hydrogens (primary N) is 1. The summed E-state index contributed by atoms with van der Waals surface area (Å²) in [6.07, 6.45) is 10.7. The zero-order chi connectivity index (χ0) is 25.9. The molecule has 3 heterocycles. The molecule has 8 heteroatoms. The Morgan fingerprint density at radius 2 is 1.72 bits per heavy atom. The van der Waals surface area contributed by atoms with Gasteiger partial charge in [0.2, 0.25) is 11.9 Å². The van der Waals surface area contributed by atoms with Crippen molar-refractivity contribution in [3.63, 3.8) is 0 Å². The molecule has 1 saturated heterocycles. The minimum absolute atomic E-state index is 0.294. The van der Waals surface area contributed by atoms with Gasteiger partial charge in [-0.15, -0.1) is 15.3 Å². The van der Waals surface area contributed by atoms with E-state index in [4.69, 9.17) is 5.73 Å². The third kappa shape index (κ3) is 4.18. The molecule has 0 spiro atoms. The van der Waals surface area contributed by atoms with Crippen LogP contribution in [-0.4, -0.2) is 48.5 Å². The lowest BCUT2D eigenvalue weighted by atomic mass is 10.0. The zero-order valence-electron chi connectivity index (χ0n) is 22.2. The number of hydrogen-bond acceptors (Lipinski definition) is 7. The molecule has 1 aliphatic heterocycles. The number of fused-ring (bicyclic) bond motifs is 5. The highest BCUT2D eigenvalue weighted by Gasteiger charge is 2.48. The van der Waals surface area contributed by atoms with Crippen molar-refractivity contribution in [2.45, 2.75) is 69.9 Å². The van der Waals surface area contributed by atoms with E-state index < -0.39 is 0 Å². The van der Waals surface area contributed by atoms with E-state index in [0.29, 0.717) is 17.7 Å². The number of likely N-dealkylation sites (tertiary alicyclic amines) is 1. The molecule has 2 aromatic carbocycles. The fourth-order valence-corrected chi connectivity index (χ4v) is 7.24. The molecule has 8 rings (SSSR count). The minimum Gasteiger partial charge on any atom is -0.368 e. The molecule has 0 radical (unpaired) electrons. The molecule has 3 atom stereocenters. The van der Waals surface area contributed by atoms with Crippen molar-refractivity contribution in [2.75, 3.05) is 17.6 Å². The summed E-state index contributed by atoms with van der Waals surface area (Å²) in [5.41, 5.74) is 14.9. The summed E-state index contributed by atoms with van der Waals surface area (Å²) in [5, 5.41) is 17.2. The lowest BCUT2D eigenvalue weighted by molar-refractivity contribution is 0.195. The standard InChI is InChI=1S/C31H34N8/c32-30-34-31(37-39(30)28-18-23-6-3-5-20-4-1-2-7-26(20)29(23)36-35-28)33-24-11-8-19-9-12-25(13-10-21(19)16-24)38-15-14-22-17-27(22)38/h1-2,4,7-8,11,16,18,22,25,27H,3,5-6,9-10,12-15,17H2,(H3,32,33,34,37)/t22-,25?,27+/m1/s1. The van der Waals surface area contributed by atoms with Gasteiger partial charge in [-0.3, -0.25) is 4.90 Å². The highest BCUT2D eigenvalue weighted by molar-refractivity contribution is 5.68. The maximum absolute atomic E-state index is 6.31. The highest BCUT2D eigenvalue weighted by atomic mass is 15.4. The van der Waals surface area contributed by atoms with Crippen LogP contribution in [0, 0.1) is 5.92 Å². The fraction of sp³-hybridized carbons (Fsp3) is 0.419. The van der Waals surface area contributed by atoms with E-state index in [2.05, 4.69) is 79.0 Å². The second kappa shape index (κ2) is 9.16. The second-order valence-electron chi connectivity index (χ2n) is 11.7. The monoisotopic (exact) mass is 518 g/mol. The summed E-state index contributed by atoms with van der Waals surface area (Å²) in [5.74, 6) is 2.36. The summed E-state index contributed by atoms with van der Waals surface area (Å²) < 4.78 is 1.58. The second-order valence-corrected chi connectivity index (χ2v) is 11.7. The van der Waals surface area contributed by atoms with Gasteiger partial charge in [0.05, 0.1) is 5.69 Å². The van der Waals surface area contributed by atoms with Gasteiger partial charge in [0.15, 0.2) is 5.82 Å². The highest BCUT2D eigenvalue weighted by Crippen LogP contribution is 2.46. The molecule has 3 N–H and O–H groups in total. The van der Waals surface area contributed by atoms with Gasteiger partial charge < -0.3 is 11.1 Å². The smallest absolute Gasteiger partial charge is 0.248 e. The fourth-order valence-electron chi connectivity index (χ4n) is 7.24. The van der Waals surface area contributed by atoms with Gasteiger partial charge in [0.25, 0.3) is 0 Å². The van der Waals surface area contributed by atoms with Crippen LogP contribution < -0.4 is 11.1 Å². The maximum Gasteiger partial charge on any atom is 0.248 e. The Morgan fingerprint density at radius 3 is 2.59 bits per heavy atom. The van der Waals surface area contributed by atoms with Crippen molar-refractivity contribution < 1.29 is 0 Å². The van der Waals surface area contributed by atoms with E-state index in [0.717, 1.165) is 61.5 Å². The number of anilines is 3. The van der Waals surface area contributed by atoms with E-state index >= 15 is 0 Å². The van der Waals surface area contributed by atoms with Crippen LogP contribution >= 0.6 is 0 Å². The topological polar surface area (TPSA) is 97.8 Å². The predicted molar refractivity (Wildman–Crippen MR) is 152 cm³/mol. The number of aryl methyl sites for hydroxylation is 4. The SMILES string of the molecule is Nc1nc(Nc2ccc3c(c2)CCC(N2CC[C@@H]4C[C@@H]42)CC3)nn1-c1cc2c(nn1)-c1ccccc1CCC2. The Balaban J connectivity index is 1.01. The van der Waals surface area contributed by atoms with E-state index in [-0.39, 0.29) is 0 Å². The first-order valence-electron chi connectivity index (χ1n) is 14.5. The molecular formula is C31H34N8. The van der Waals surface area contributed by atoms with Crippen molar-refractivity contribution in [3.05, 3.63) is 70.8 Å². The average molecular weight is 519 g/mol. The lowest BCUT2D eigenvalue weighted by Gasteiger charge is -2.28. The Kier molecular flexibility index (Phi) is 5.43. The molecule has 1 saturated carbocycles. The summed E-state index contributed by atoms with van der Waals surface area (Å²) in [4.78, 5) is 7.32. The van der Waals surface area contributed by atoms with Crippen molar-refractivity contribution in [1.29, 1.82) is 0 Å². The van der Waals surface area contributed by atoms with Crippen LogP contribution in [0.1, 0.15) is 54.4 Å². The number of nitrogens with one attached hydrogen (secondary N) is 1. The van der Waals surface area contributed by atoms with Crippen LogP contribution in [0.5, 0.6) is 0 Å². The lowest BCUT2D eigenvalue weighted by Crippen LogP contribution is -2.35. The Labute approximate surface area is 228 Å². The first-order valence-corrected chi connectivity index (χ1v) is 14.5. The van der Waals surface area contributed by atoms with Crippen LogP contribution in [0.3, 0.4) is 0 Å². The van der Waals surface area contributed by atoms with Crippen LogP contribution in [0.2, 0.25) is 0 Å². The number of rotatable bonds is 4. The summed E-state index contributed by atoms with van der Waals surface area (Å²) >= 11 is 0. The molecule has 2 fully saturated rings. The minimum atomic E-state index is 0.294. The van der Waals surface area contributed by atoms with Gasteiger partial charge in [0.1, 0.15) is 0 Å². The van der Waals surface area contributed by atoms with Crippen molar-refractivity contribution in [2.24, 2.45) is 5.92 Å². The predicted octanol–water partition coefficient (Wildman–Crippen LogP) is 4.88. The molecule has 198 valence electrons. The quantitative estimate of drug-likeness (QED) is 0.372. The van der Waals surface area contributed by atoms with E-state index in [1.54, 1.807) is 4.68 Å². The van der Waals surface area contributed by atoms with Crippen LogP contribution in [0.25, 0.3) is 17.1 Å². The number of piperidine rings is 1. The molecule has 3 aliphatic carbocycles. The van der Waals surface area contributed by atoms with Gasteiger partial charge in [-0.25, -0.2) is 0 Å². The van der Waals surface area contributed by atoms with Crippen LogP contribution in [0.4, 0.5) is 17.6 Å². The van der Waals surface area contributed by atoms with E-state index in [9.17, 15) is 0 Å². The zero-order valence-corrected chi connectivity index (χ0v) is 22.2. The number of hydrogen-bond donors (Lipinski definition) is 2. The maximum atomic E-state index is 6.31. The molecule has 4 aliphatic rings. The van der Waals surface area contributed by atoms with Crippen molar-refractivity contribution >= 4 is 17.6 Å². The van der Waals surface area contributed by atoms with Gasteiger partial charge in [-0.2, -0.15) is 9.67 Å². The van der Waals surface area contributed by atoms with E-state index in [1.807, 2.05) is 0 Å². The largest absolute Gasteiger partial charge is 0.368 e. The molecule has 8 nitrogen and oxygen atoms in total. The number of benzene rings is 2. The molecule has 2 aromatic heterocycles. The van der Waals surface area contributed by atoms with Gasteiger partial charge in [0, 0.05) is 23.3 Å². The van der Waals surface area contributed by atoms with Gasteiger partial charge in [-0.05, 0) is 111 Å². The van der Waals surface area contributed by atoms with Crippen molar-refractivity contribution in [3.8, 4) is 17.1 Å². The van der Waals surface area contributed by atoms with E-state index in [1.165, 1.54) is 60.0 Å². The van der Waals surface area contributed by atoms with Crippen LogP contribution in [0.15, 0.2) is 48.5 Å². The molecular weight excluding hydrogens is 484 g/mol. The average Bonchev–Trinajstić information content (AvgIpc) is 3.60. The molecule has 39 heavy (non-hydrogen) atoms. The number of nitrogen functional groups attached to an aromatic ring is 1. The summed E-state index contributed by atoms with van der Waals surface area (Å²) in [7, 11) is 0. The first kappa shape index (κ1) is 23.1. The number of nitrogens with zero attached hydrogens (tertiary/aromatic N) is 6. The van der Waals surface area contributed by atoms with Crippen LogP contribution in [-0.2, 0) is 25.7 Å². The van der Waals surface area contributed by atoms with Crippen molar-refractivity contribution in [1.82, 2.24) is 29.9 Å². The molecule has 0 bridgehead atoms. The Hall–Kier alpha value is -3.78. The van der Waals surface area contributed by atoms with Gasteiger partial charge >= 0.3 is 0 Å². The molecule has 4 aromatic rings. The Morgan fingerprint density at radius 1 is 0.846 bits per heavy atom. The summed E-state index contributed by atoms with van der Waals surface area (Å²) in [6.45, 7) is 1.31. The normalized spacial score (nSPS) is 23.6. The molecule has 0 amide bonds. The first-order chi connectivity index (χ1) is 19.2.